The van der Waals surface area contributed by atoms with Crippen molar-refractivity contribution in [3.05, 3.63) is 224 Å². The molecule has 0 fully saturated rings. The quantitative estimate of drug-likeness (QED) is 0.173. The summed E-state index contributed by atoms with van der Waals surface area (Å²) in [6.07, 6.45) is 0. The standard InChI is InChI=1S/C60H37N5/c1-2-16-38(17-3-1)41-20-14-21-43(37-41)63-49-27-11-7-23-45(49)57-54(63)34-35-55-58(57)46-24-8-12-28-50(46)64(55)52-30-15-31-53-56(52)44-22-6-13-29-51(44)65(53)60-59(61-47-25-9-10-26-48(47)62-60)42-33-32-39-18-4-5-19-40(39)36-42/h1-37H. The van der Waals surface area contributed by atoms with Gasteiger partial charge in [-0.25, -0.2) is 9.97 Å². The van der Waals surface area contributed by atoms with Gasteiger partial charge in [-0.15, -0.1) is 0 Å². The topological polar surface area (TPSA) is 40.6 Å². The maximum atomic E-state index is 5.47. The zero-order valence-corrected chi connectivity index (χ0v) is 35.1. The fraction of sp³-hybridized carbons (Fsp3) is 0. The number of rotatable bonds is 5. The van der Waals surface area contributed by atoms with Crippen molar-refractivity contribution in [1.82, 2.24) is 23.7 Å². The van der Waals surface area contributed by atoms with Crippen LogP contribution in [0.1, 0.15) is 0 Å². The summed E-state index contributed by atoms with van der Waals surface area (Å²) < 4.78 is 7.26. The third-order valence-electron chi connectivity index (χ3n) is 13.4. The van der Waals surface area contributed by atoms with E-state index in [0.717, 1.165) is 72.3 Å². The molecular weight excluding hydrogens is 791 g/mol. The average Bonchev–Trinajstić information content (AvgIpc) is 4.02. The van der Waals surface area contributed by atoms with Crippen LogP contribution in [0.3, 0.4) is 0 Å². The second kappa shape index (κ2) is 13.9. The number of fused-ring (bicyclic) bond motifs is 12. The summed E-state index contributed by atoms with van der Waals surface area (Å²) in [5, 5.41) is 9.61. The Morgan fingerprint density at radius 3 is 1.58 bits per heavy atom. The Balaban J connectivity index is 1.06. The van der Waals surface area contributed by atoms with Crippen LogP contribution in [0.2, 0.25) is 0 Å². The molecular formula is C60H37N5. The van der Waals surface area contributed by atoms with Crippen LogP contribution >= 0.6 is 0 Å². The van der Waals surface area contributed by atoms with Gasteiger partial charge < -0.3 is 9.13 Å². The lowest BCUT2D eigenvalue weighted by Gasteiger charge is -2.15. The summed E-state index contributed by atoms with van der Waals surface area (Å²) in [5.41, 5.74) is 15.0. The maximum absolute atomic E-state index is 5.47. The van der Waals surface area contributed by atoms with Gasteiger partial charge in [0.05, 0.1) is 49.8 Å². The molecule has 10 aromatic carbocycles. The third-order valence-corrected chi connectivity index (χ3v) is 13.4. The van der Waals surface area contributed by atoms with Crippen molar-refractivity contribution in [3.8, 4) is 39.6 Å². The largest absolute Gasteiger partial charge is 0.309 e. The fourth-order valence-corrected chi connectivity index (χ4v) is 10.6. The lowest BCUT2D eigenvalue weighted by Crippen LogP contribution is -2.04. The van der Waals surface area contributed by atoms with Crippen molar-refractivity contribution in [2.75, 3.05) is 0 Å². The molecule has 0 atom stereocenters. The molecule has 0 aliphatic rings. The van der Waals surface area contributed by atoms with E-state index in [-0.39, 0.29) is 0 Å². The van der Waals surface area contributed by atoms with E-state index < -0.39 is 0 Å². The van der Waals surface area contributed by atoms with E-state index in [1.54, 1.807) is 0 Å². The van der Waals surface area contributed by atoms with Gasteiger partial charge >= 0.3 is 0 Å². The molecule has 65 heavy (non-hydrogen) atoms. The molecule has 14 aromatic rings. The molecule has 302 valence electrons. The first-order valence-electron chi connectivity index (χ1n) is 22.2. The molecule has 0 saturated carbocycles. The molecule has 0 unspecified atom stereocenters. The number of hydrogen-bond acceptors (Lipinski definition) is 2. The first-order chi connectivity index (χ1) is 32.3. The Bertz CT molecular complexity index is 4250. The molecule has 0 amide bonds. The lowest BCUT2D eigenvalue weighted by atomic mass is 10.0. The molecule has 0 bridgehead atoms. The van der Waals surface area contributed by atoms with E-state index in [9.17, 15) is 0 Å². The van der Waals surface area contributed by atoms with Crippen molar-refractivity contribution in [2.45, 2.75) is 0 Å². The molecule has 4 heterocycles. The van der Waals surface area contributed by atoms with E-state index in [2.05, 4.69) is 226 Å². The third kappa shape index (κ3) is 5.27. The number of nitrogens with zero attached hydrogens (tertiary/aromatic N) is 5. The number of hydrogen-bond donors (Lipinski definition) is 0. The summed E-state index contributed by atoms with van der Waals surface area (Å²) in [6, 6.07) is 80.8. The maximum Gasteiger partial charge on any atom is 0.165 e. The Kier molecular flexibility index (Phi) is 7.62. The molecule has 14 rings (SSSR count). The van der Waals surface area contributed by atoms with Gasteiger partial charge in [-0.3, -0.25) is 4.57 Å². The summed E-state index contributed by atoms with van der Waals surface area (Å²) in [4.78, 5) is 10.9. The van der Waals surface area contributed by atoms with Gasteiger partial charge in [-0.05, 0) is 94.7 Å². The minimum absolute atomic E-state index is 0.801. The average molecular weight is 828 g/mol. The van der Waals surface area contributed by atoms with Gasteiger partial charge in [0.1, 0.15) is 5.69 Å². The zero-order valence-electron chi connectivity index (χ0n) is 35.1. The van der Waals surface area contributed by atoms with Crippen LogP contribution in [-0.2, 0) is 0 Å². The highest BCUT2D eigenvalue weighted by molar-refractivity contribution is 6.29. The van der Waals surface area contributed by atoms with Crippen LogP contribution in [0.4, 0.5) is 0 Å². The summed E-state index contributed by atoms with van der Waals surface area (Å²) >= 11 is 0. The molecule has 4 aromatic heterocycles. The van der Waals surface area contributed by atoms with E-state index in [1.165, 1.54) is 54.5 Å². The Morgan fingerprint density at radius 2 is 0.831 bits per heavy atom. The summed E-state index contributed by atoms with van der Waals surface area (Å²) in [6.45, 7) is 0. The fourth-order valence-electron chi connectivity index (χ4n) is 10.6. The Labute approximate surface area is 373 Å². The summed E-state index contributed by atoms with van der Waals surface area (Å²) in [5.74, 6) is 0.801. The van der Waals surface area contributed by atoms with E-state index in [0.29, 0.717) is 0 Å². The SMILES string of the molecule is c1ccc(-c2cccc(-n3c4ccccc4c4c5c6ccccc6n(-c6cccc7c6c6ccccc6n7-c6nc7ccccc7nc6-c6ccc7ccccc7c6)c5ccc43)c2)cc1. The van der Waals surface area contributed by atoms with Crippen molar-refractivity contribution >= 4 is 87.2 Å². The lowest BCUT2D eigenvalue weighted by molar-refractivity contribution is 1.08. The van der Waals surface area contributed by atoms with E-state index >= 15 is 0 Å². The molecule has 0 saturated heterocycles. The first kappa shape index (κ1) is 35.8. The second-order valence-corrected chi connectivity index (χ2v) is 16.9. The predicted molar refractivity (Wildman–Crippen MR) is 271 cm³/mol. The number of aromatic nitrogens is 5. The molecule has 0 aliphatic heterocycles. The normalized spacial score (nSPS) is 12.0. The van der Waals surface area contributed by atoms with Crippen molar-refractivity contribution in [1.29, 1.82) is 0 Å². The smallest absolute Gasteiger partial charge is 0.165 e. The molecule has 0 radical (unpaired) electrons. The predicted octanol–water partition coefficient (Wildman–Crippen LogP) is 15.4. The molecule has 0 N–H and O–H groups in total. The number of para-hydroxylation sites is 5. The van der Waals surface area contributed by atoms with Gasteiger partial charge in [-0.1, -0.05) is 152 Å². The molecule has 0 aliphatic carbocycles. The van der Waals surface area contributed by atoms with Gasteiger partial charge in [0, 0.05) is 43.6 Å². The van der Waals surface area contributed by atoms with Gasteiger partial charge in [0.2, 0.25) is 0 Å². The number of benzene rings is 10. The molecule has 5 heteroatoms. The second-order valence-electron chi connectivity index (χ2n) is 16.9. The highest BCUT2D eigenvalue weighted by atomic mass is 15.1. The van der Waals surface area contributed by atoms with Crippen molar-refractivity contribution in [3.63, 3.8) is 0 Å². The van der Waals surface area contributed by atoms with Crippen molar-refractivity contribution in [2.24, 2.45) is 0 Å². The Hall–Kier alpha value is -8.80. The van der Waals surface area contributed by atoms with Crippen LogP contribution in [0.5, 0.6) is 0 Å². The van der Waals surface area contributed by atoms with Gasteiger partial charge in [0.25, 0.3) is 0 Å². The van der Waals surface area contributed by atoms with Crippen LogP contribution < -0.4 is 0 Å². The van der Waals surface area contributed by atoms with Gasteiger partial charge in [0.15, 0.2) is 5.82 Å². The minimum atomic E-state index is 0.801. The zero-order chi connectivity index (χ0) is 42.6. The van der Waals surface area contributed by atoms with E-state index in [1.807, 2.05) is 12.1 Å². The Morgan fingerprint density at radius 1 is 0.292 bits per heavy atom. The monoisotopic (exact) mass is 827 g/mol. The van der Waals surface area contributed by atoms with Crippen LogP contribution in [-0.4, -0.2) is 23.7 Å². The van der Waals surface area contributed by atoms with Gasteiger partial charge in [-0.2, -0.15) is 0 Å². The van der Waals surface area contributed by atoms with Crippen LogP contribution in [0, 0.1) is 0 Å². The first-order valence-corrected chi connectivity index (χ1v) is 22.2. The van der Waals surface area contributed by atoms with E-state index in [4.69, 9.17) is 9.97 Å². The minimum Gasteiger partial charge on any atom is -0.309 e. The molecule has 0 spiro atoms. The van der Waals surface area contributed by atoms with Crippen molar-refractivity contribution < 1.29 is 0 Å². The highest BCUT2D eigenvalue weighted by Gasteiger charge is 2.25. The van der Waals surface area contributed by atoms with Crippen LogP contribution in [0.25, 0.3) is 127 Å². The van der Waals surface area contributed by atoms with Crippen LogP contribution in [0.15, 0.2) is 224 Å². The highest BCUT2D eigenvalue weighted by Crippen LogP contribution is 2.45. The summed E-state index contributed by atoms with van der Waals surface area (Å²) in [7, 11) is 0. The molecule has 5 nitrogen and oxygen atoms in total.